The number of carboxylic acid groups (broad SMARTS) is 1. The first-order chi connectivity index (χ1) is 9.94. The van der Waals surface area contributed by atoms with E-state index in [2.05, 4.69) is 10.1 Å². The minimum atomic E-state index is -3.02. The molecule has 1 saturated heterocycles. The fourth-order valence-electron chi connectivity index (χ4n) is 2.30. The largest absolute Gasteiger partial charge is 0.478 e. The smallest absolute Gasteiger partial charge is 0.335 e. The average Bonchev–Trinajstić information content (AvgIpc) is 3.05. The second-order valence-electron chi connectivity index (χ2n) is 4.94. The van der Waals surface area contributed by atoms with Gasteiger partial charge in [-0.3, -0.25) is 0 Å². The fraction of sp³-hybridized carbons (Fsp3) is 0.308. The minimum Gasteiger partial charge on any atom is -0.478 e. The van der Waals surface area contributed by atoms with Gasteiger partial charge in [0, 0.05) is 5.56 Å². The number of aromatic nitrogens is 2. The molecule has 0 spiro atoms. The van der Waals surface area contributed by atoms with E-state index in [1.54, 1.807) is 12.1 Å². The predicted octanol–water partition coefficient (Wildman–Crippen LogP) is 1.34. The molecule has 0 saturated carbocycles. The summed E-state index contributed by atoms with van der Waals surface area (Å²) in [6, 6.07) is 6.18. The zero-order valence-electron chi connectivity index (χ0n) is 10.9. The highest BCUT2D eigenvalue weighted by Gasteiger charge is 2.33. The highest BCUT2D eigenvalue weighted by Crippen LogP contribution is 2.29. The molecule has 1 aliphatic rings. The minimum absolute atomic E-state index is 0.0177. The van der Waals surface area contributed by atoms with Crippen LogP contribution in [0.4, 0.5) is 0 Å². The van der Waals surface area contributed by atoms with Crippen molar-refractivity contribution in [1.29, 1.82) is 0 Å². The van der Waals surface area contributed by atoms with Crippen LogP contribution in [0.5, 0.6) is 0 Å². The van der Waals surface area contributed by atoms with Crippen LogP contribution in [0.25, 0.3) is 11.4 Å². The molecule has 2 heterocycles. The molecule has 0 radical (unpaired) electrons. The van der Waals surface area contributed by atoms with Crippen molar-refractivity contribution in [2.24, 2.45) is 0 Å². The molecule has 0 amide bonds. The maximum atomic E-state index is 11.5. The summed E-state index contributed by atoms with van der Waals surface area (Å²) in [7, 11) is -3.02. The molecule has 110 valence electrons. The molecule has 1 N–H and O–H groups in total. The SMILES string of the molecule is O=C(O)c1cccc(-c2noc(C3CCS(=O)(=O)C3)n2)c1. The fourth-order valence-corrected chi connectivity index (χ4v) is 4.03. The van der Waals surface area contributed by atoms with Gasteiger partial charge in [0.05, 0.1) is 23.0 Å². The number of hydrogen-bond acceptors (Lipinski definition) is 6. The van der Waals surface area contributed by atoms with Crippen molar-refractivity contribution in [1.82, 2.24) is 10.1 Å². The van der Waals surface area contributed by atoms with Gasteiger partial charge in [-0.05, 0) is 18.6 Å². The summed E-state index contributed by atoms with van der Waals surface area (Å²) < 4.78 is 28.0. The normalized spacial score (nSPS) is 20.5. The summed E-state index contributed by atoms with van der Waals surface area (Å²) >= 11 is 0. The molecule has 8 heteroatoms. The topological polar surface area (TPSA) is 110 Å². The van der Waals surface area contributed by atoms with E-state index in [4.69, 9.17) is 9.63 Å². The highest BCUT2D eigenvalue weighted by atomic mass is 32.2. The quantitative estimate of drug-likeness (QED) is 0.910. The van der Waals surface area contributed by atoms with E-state index < -0.39 is 15.8 Å². The third kappa shape index (κ3) is 2.80. The zero-order valence-corrected chi connectivity index (χ0v) is 11.7. The van der Waals surface area contributed by atoms with Crippen LogP contribution in [0.3, 0.4) is 0 Å². The molecular weight excluding hydrogens is 296 g/mol. The molecule has 1 aromatic heterocycles. The molecule has 1 aromatic carbocycles. The number of sulfone groups is 1. The van der Waals surface area contributed by atoms with E-state index in [-0.39, 0.29) is 34.7 Å². The van der Waals surface area contributed by atoms with E-state index in [1.807, 2.05) is 0 Å². The van der Waals surface area contributed by atoms with E-state index in [0.717, 1.165) is 0 Å². The number of benzene rings is 1. The Balaban J connectivity index is 1.89. The maximum absolute atomic E-state index is 11.5. The third-order valence-corrected chi connectivity index (χ3v) is 5.16. The van der Waals surface area contributed by atoms with Crippen molar-refractivity contribution in [3.05, 3.63) is 35.7 Å². The van der Waals surface area contributed by atoms with Gasteiger partial charge in [-0.2, -0.15) is 4.98 Å². The van der Waals surface area contributed by atoms with Crippen molar-refractivity contribution in [2.75, 3.05) is 11.5 Å². The standard InChI is InChI=1S/C13H12N2O5S/c16-13(17)9-3-1-2-8(6-9)11-14-12(20-15-11)10-4-5-21(18,19)7-10/h1-3,6,10H,4-5,7H2,(H,16,17). The number of nitrogens with zero attached hydrogens (tertiary/aromatic N) is 2. The van der Waals surface area contributed by atoms with Gasteiger partial charge in [-0.25, -0.2) is 13.2 Å². The molecule has 0 aliphatic carbocycles. The second kappa shape index (κ2) is 4.96. The van der Waals surface area contributed by atoms with Crippen LogP contribution in [-0.4, -0.2) is 41.1 Å². The van der Waals surface area contributed by atoms with E-state index in [1.165, 1.54) is 12.1 Å². The van der Waals surface area contributed by atoms with Crippen molar-refractivity contribution >= 4 is 15.8 Å². The Morgan fingerprint density at radius 1 is 1.38 bits per heavy atom. The summed E-state index contributed by atoms with van der Waals surface area (Å²) in [5, 5.41) is 12.8. The molecule has 1 fully saturated rings. The van der Waals surface area contributed by atoms with Gasteiger partial charge in [0.25, 0.3) is 0 Å². The maximum Gasteiger partial charge on any atom is 0.335 e. The first-order valence-corrected chi connectivity index (χ1v) is 8.14. The molecule has 2 aromatic rings. The summed E-state index contributed by atoms with van der Waals surface area (Å²) in [6.07, 6.45) is 0.471. The Bertz CT molecular complexity index is 796. The lowest BCUT2D eigenvalue weighted by atomic mass is 10.1. The lowest BCUT2D eigenvalue weighted by Crippen LogP contribution is -2.04. The summed E-state index contributed by atoms with van der Waals surface area (Å²) in [5.74, 6) is -0.626. The second-order valence-corrected chi connectivity index (χ2v) is 7.17. The van der Waals surface area contributed by atoms with Gasteiger partial charge in [0.2, 0.25) is 11.7 Å². The molecule has 1 unspecified atom stereocenters. The van der Waals surface area contributed by atoms with Gasteiger partial charge >= 0.3 is 5.97 Å². The Labute approximate surface area is 120 Å². The first kappa shape index (κ1) is 13.7. The van der Waals surface area contributed by atoms with Gasteiger partial charge in [-0.15, -0.1) is 0 Å². The Morgan fingerprint density at radius 3 is 2.86 bits per heavy atom. The van der Waals surface area contributed by atoms with Crippen LogP contribution < -0.4 is 0 Å². The number of hydrogen-bond donors (Lipinski definition) is 1. The number of aromatic carboxylic acids is 1. The van der Waals surface area contributed by atoms with Gasteiger partial charge in [0.1, 0.15) is 0 Å². The molecule has 3 rings (SSSR count). The van der Waals surface area contributed by atoms with Crippen molar-refractivity contribution in [3.63, 3.8) is 0 Å². The molecule has 21 heavy (non-hydrogen) atoms. The summed E-state index contributed by atoms with van der Waals surface area (Å²) in [4.78, 5) is 15.1. The number of carboxylic acids is 1. The van der Waals surface area contributed by atoms with E-state index in [0.29, 0.717) is 12.0 Å². The van der Waals surface area contributed by atoms with Crippen LogP contribution in [0.15, 0.2) is 28.8 Å². The van der Waals surface area contributed by atoms with E-state index in [9.17, 15) is 13.2 Å². The van der Waals surface area contributed by atoms with Gasteiger partial charge < -0.3 is 9.63 Å². The van der Waals surface area contributed by atoms with Crippen LogP contribution in [0.2, 0.25) is 0 Å². The van der Waals surface area contributed by atoms with Crippen LogP contribution in [0, 0.1) is 0 Å². The molecule has 0 bridgehead atoms. The summed E-state index contributed by atoms with van der Waals surface area (Å²) in [6.45, 7) is 0. The molecule has 1 aliphatic heterocycles. The van der Waals surface area contributed by atoms with E-state index >= 15 is 0 Å². The Hall–Kier alpha value is -2.22. The third-order valence-electron chi connectivity index (χ3n) is 3.39. The number of carbonyl (C=O) groups is 1. The first-order valence-electron chi connectivity index (χ1n) is 6.32. The zero-order chi connectivity index (χ0) is 15.0. The predicted molar refractivity (Wildman–Crippen MR) is 72.7 cm³/mol. The lowest BCUT2D eigenvalue weighted by molar-refractivity contribution is 0.0697. The van der Waals surface area contributed by atoms with Gasteiger partial charge in [-0.1, -0.05) is 17.3 Å². The van der Waals surface area contributed by atoms with Gasteiger partial charge in [0.15, 0.2) is 9.84 Å². The monoisotopic (exact) mass is 308 g/mol. The van der Waals surface area contributed by atoms with Crippen molar-refractivity contribution in [2.45, 2.75) is 12.3 Å². The molecule has 7 nitrogen and oxygen atoms in total. The van der Waals surface area contributed by atoms with Crippen molar-refractivity contribution in [3.8, 4) is 11.4 Å². The summed E-state index contributed by atoms with van der Waals surface area (Å²) in [5.41, 5.74) is 0.646. The van der Waals surface area contributed by atoms with Crippen LogP contribution in [0.1, 0.15) is 28.6 Å². The number of rotatable bonds is 3. The highest BCUT2D eigenvalue weighted by molar-refractivity contribution is 7.91. The Morgan fingerprint density at radius 2 is 2.19 bits per heavy atom. The lowest BCUT2D eigenvalue weighted by Gasteiger charge is -1.98. The molecule has 1 atom stereocenters. The van der Waals surface area contributed by atoms with Crippen LogP contribution >= 0.6 is 0 Å². The molecular formula is C13H12N2O5S. The van der Waals surface area contributed by atoms with Crippen LogP contribution in [-0.2, 0) is 9.84 Å². The Kier molecular flexibility index (Phi) is 3.25. The van der Waals surface area contributed by atoms with Crippen molar-refractivity contribution < 1.29 is 22.8 Å². The average molecular weight is 308 g/mol.